The van der Waals surface area contributed by atoms with Gasteiger partial charge < -0.3 is 9.47 Å². The molecule has 0 unspecified atom stereocenters. The van der Waals surface area contributed by atoms with E-state index in [0.717, 1.165) is 22.9 Å². The average Bonchev–Trinajstić information content (AvgIpc) is 2.69. The van der Waals surface area contributed by atoms with Crippen molar-refractivity contribution in [1.29, 1.82) is 0 Å². The Morgan fingerprint density at radius 1 is 0.852 bits per heavy atom. The minimum atomic E-state index is -0.425. The largest absolute Gasteiger partial charge is 0.462 e. The number of carbonyl (C=O) groups excluding carboxylic acids is 2. The molecule has 4 nitrogen and oxygen atoms in total. The Balaban J connectivity index is 1.78. The molecule has 27 heavy (non-hydrogen) atoms. The maximum atomic E-state index is 12.1. The van der Waals surface area contributed by atoms with Gasteiger partial charge in [-0.15, -0.1) is 0 Å². The lowest BCUT2D eigenvalue weighted by Gasteiger charge is -2.07. The first-order valence-corrected chi connectivity index (χ1v) is 10.1. The number of hydrogen-bond donors (Lipinski definition) is 0. The number of unbranched alkanes of at least 4 members (excludes halogenated alkanes) is 4. The van der Waals surface area contributed by atoms with Crippen molar-refractivity contribution in [3.05, 3.63) is 69.7 Å². The number of carbonyl (C=O) groups is 2. The van der Waals surface area contributed by atoms with E-state index in [0.29, 0.717) is 17.7 Å². The van der Waals surface area contributed by atoms with Gasteiger partial charge in [-0.05, 0) is 48.4 Å². The van der Waals surface area contributed by atoms with Gasteiger partial charge in [0.2, 0.25) is 0 Å². The van der Waals surface area contributed by atoms with Crippen LogP contribution < -0.4 is 0 Å². The molecule has 0 aliphatic rings. The summed E-state index contributed by atoms with van der Waals surface area (Å²) < 4.78 is 11.5. The molecule has 0 saturated heterocycles. The number of ether oxygens (including phenoxy) is 2. The van der Waals surface area contributed by atoms with Crippen LogP contribution in [-0.4, -0.2) is 18.5 Å². The summed E-state index contributed by atoms with van der Waals surface area (Å²) in [5.41, 5.74) is 1.74. The molecule has 0 heterocycles. The molecule has 0 fully saturated rings. The highest BCUT2D eigenvalue weighted by molar-refractivity contribution is 9.10. The summed E-state index contributed by atoms with van der Waals surface area (Å²) >= 11 is 3.38. The van der Waals surface area contributed by atoms with E-state index in [-0.39, 0.29) is 12.6 Å². The third-order valence-electron chi connectivity index (χ3n) is 4.10. The number of hydrogen-bond acceptors (Lipinski definition) is 4. The molecule has 0 amide bonds. The molecule has 0 atom stereocenters. The molecular weight excluding hydrogens is 408 g/mol. The summed E-state index contributed by atoms with van der Waals surface area (Å²) in [4.78, 5) is 24.1. The molecule has 0 aliphatic carbocycles. The van der Waals surface area contributed by atoms with Crippen molar-refractivity contribution in [2.24, 2.45) is 0 Å². The fourth-order valence-electron chi connectivity index (χ4n) is 2.56. The summed E-state index contributed by atoms with van der Waals surface area (Å²) in [6, 6.07) is 13.9. The Labute approximate surface area is 169 Å². The second-order valence-corrected chi connectivity index (χ2v) is 7.25. The molecule has 0 aromatic heterocycles. The Hall–Kier alpha value is -2.14. The van der Waals surface area contributed by atoms with Crippen LogP contribution >= 0.6 is 15.9 Å². The van der Waals surface area contributed by atoms with Crippen LogP contribution in [0.15, 0.2) is 53.0 Å². The molecule has 0 bridgehead atoms. The van der Waals surface area contributed by atoms with Crippen molar-refractivity contribution in [1.82, 2.24) is 0 Å². The van der Waals surface area contributed by atoms with Crippen molar-refractivity contribution >= 4 is 27.9 Å². The molecule has 0 N–H and O–H groups in total. The van der Waals surface area contributed by atoms with Gasteiger partial charge in [-0.25, -0.2) is 9.59 Å². The first-order valence-electron chi connectivity index (χ1n) is 9.29. The summed E-state index contributed by atoms with van der Waals surface area (Å²) in [6.45, 7) is 2.79. The van der Waals surface area contributed by atoms with E-state index in [9.17, 15) is 9.59 Å². The molecule has 2 aromatic carbocycles. The van der Waals surface area contributed by atoms with Gasteiger partial charge >= 0.3 is 11.9 Å². The van der Waals surface area contributed by atoms with Gasteiger partial charge in [-0.3, -0.25) is 0 Å². The lowest BCUT2D eigenvalue weighted by Crippen LogP contribution is -2.08. The highest BCUT2D eigenvalue weighted by atomic mass is 79.9. The summed E-state index contributed by atoms with van der Waals surface area (Å²) in [5, 5.41) is 0. The van der Waals surface area contributed by atoms with Gasteiger partial charge in [-0.1, -0.05) is 60.7 Å². The summed E-state index contributed by atoms with van der Waals surface area (Å²) in [6.07, 6.45) is 5.53. The van der Waals surface area contributed by atoms with Gasteiger partial charge in [-0.2, -0.15) is 0 Å². The minimum Gasteiger partial charge on any atom is -0.462 e. The number of rotatable bonds is 10. The lowest BCUT2D eigenvalue weighted by atomic mass is 10.1. The summed E-state index contributed by atoms with van der Waals surface area (Å²) in [7, 11) is 0. The van der Waals surface area contributed by atoms with E-state index in [1.165, 1.54) is 19.3 Å². The van der Waals surface area contributed by atoms with Gasteiger partial charge in [0.25, 0.3) is 0 Å². The topological polar surface area (TPSA) is 52.6 Å². The second kappa shape index (κ2) is 11.5. The fraction of sp³-hybridized carbons (Fsp3) is 0.364. The maximum Gasteiger partial charge on any atom is 0.338 e. The van der Waals surface area contributed by atoms with E-state index in [1.807, 2.05) is 24.3 Å². The van der Waals surface area contributed by atoms with Crippen LogP contribution in [0, 0.1) is 0 Å². The van der Waals surface area contributed by atoms with E-state index in [1.54, 1.807) is 24.3 Å². The molecule has 0 radical (unpaired) electrons. The van der Waals surface area contributed by atoms with Crippen LogP contribution in [-0.2, 0) is 16.1 Å². The first kappa shape index (κ1) is 21.2. The predicted molar refractivity (Wildman–Crippen MR) is 109 cm³/mol. The summed E-state index contributed by atoms with van der Waals surface area (Å²) in [5.74, 6) is -0.787. The van der Waals surface area contributed by atoms with Crippen molar-refractivity contribution < 1.29 is 19.1 Å². The first-order chi connectivity index (χ1) is 13.1. The van der Waals surface area contributed by atoms with E-state index >= 15 is 0 Å². The molecule has 5 heteroatoms. The lowest BCUT2D eigenvalue weighted by molar-refractivity contribution is 0.0466. The second-order valence-electron chi connectivity index (χ2n) is 6.33. The Morgan fingerprint density at radius 3 is 2.11 bits per heavy atom. The SMILES string of the molecule is CCCCCCCOC(=O)c1ccc(C(=O)OCc2cccc(Br)c2)cc1. The number of benzene rings is 2. The number of halogens is 1. The van der Waals surface area contributed by atoms with Crippen molar-refractivity contribution in [3.63, 3.8) is 0 Å². The van der Waals surface area contributed by atoms with Gasteiger partial charge in [0.05, 0.1) is 17.7 Å². The third kappa shape index (κ3) is 7.55. The molecule has 0 saturated carbocycles. The molecular formula is C22H25BrO4. The van der Waals surface area contributed by atoms with Crippen LogP contribution in [0.4, 0.5) is 0 Å². The average molecular weight is 433 g/mol. The smallest absolute Gasteiger partial charge is 0.338 e. The maximum absolute atomic E-state index is 12.1. The standard InChI is InChI=1S/C22H25BrO4/c1-2-3-4-5-6-14-26-21(24)18-10-12-19(13-11-18)22(25)27-16-17-8-7-9-20(23)15-17/h7-13,15H,2-6,14,16H2,1H3. The van der Waals surface area contributed by atoms with E-state index in [2.05, 4.69) is 22.9 Å². The van der Waals surface area contributed by atoms with Gasteiger partial charge in [0, 0.05) is 4.47 Å². The van der Waals surface area contributed by atoms with Gasteiger partial charge in [0.15, 0.2) is 0 Å². The van der Waals surface area contributed by atoms with Crippen LogP contribution in [0.25, 0.3) is 0 Å². The van der Waals surface area contributed by atoms with Gasteiger partial charge in [0.1, 0.15) is 6.61 Å². The predicted octanol–water partition coefficient (Wildman–Crippen LogP) is 5.93. The molecule has 0 aliphatic heterocycles. The zero-order valence-electron chi connectivity index (χ0n) is 15.6. The van der Waals surface area contributed by atoms with Crippen LogP contribution in [0.1, 0.15) is 65.3 Å². The number of esters is 2. The van der Waals surface area contributed by atoms with Crippen LogP contribution in [0.2, 0.25) is 0 Å². The highest BCUT2D eigenvalue weighted by Gasteiger charge is 2.11. The van der Waals surface area contributed by atoms with Crippen molar-refractivity contribution in [2.45, 2.75) is 45.6 Å². The fourth-order valence-corrected chi connectivity index (χ4v) is 3.00. The van der Waals surface area contributed by atoms with E-state index < -0.39 is 5.97 Å². The zero-order chi connectivity index (χ0) is 19.5. The molecule has 144 valence electrons. The van der Waals surface area contributed by atoms with Crippen LogP contribution in [0.3, 0.4) is 0 Å². The minimum absolute atomic E-state index is 0.195. The quantitative estimate of drug-likeness (QED) is 0.344. The van der Waals surface area contributed by atoms with E-state index in [4.69, 9.17) is 9.47 Å². The monoisotopic (exact) mass is 432 g/mol. The third-order valence-corrected chi connectivity index (χ3v) is 4.59. The normalized spacial score (nSPS) is 10.4. The van der Waals surface area contributed by atoms with Crippen molar-refractivity contribution in [3.8, 4) is 0 Å². The Bertz CT molecular complexity index is 740. The Morgan fingerprint density at radius 2 is 1.48 bits per heavy atom. The molecule has 2 aromatic rings. The highest BCUT2D eigenvalue weighted by Crippen LogP contribution is 2.14. The van der Waals surface area contributed by atoms with Crippen LogP contribution in [0.5, 0.6) is 0 Å². The molecule has 2 rings (SSSR count). The van der Waals surface area contributed by atoms with Crippen molar-refractivity contribution in [2.75, 3.05) is 6.61 Å². The Kier molecular flexibility index (Phi) is 9.05. The zero-order valence-corrected chi connectivity index (χ0v) is 17.2. The molecule has 0 spiro atoms.